The molecule has 1 amide bonds. The van der Waals surface area contributed by atoms with Gasteiger partial charge < -0.3 is 16.1 Å². The zero-order chi connectivity index (χ0) is 15.0. The molecule has 7 heteroatoms. The number of nitrogens with two attached hydrogens (primary N) is 1. The van der Waals surface area contributed by atoms with Crippen LogP contribution in [0.1, 0.15) is 39.2 Å². The van der Waals surface area contributed by atoms with Gasteiger partial charge in [-0.15, -0.1) is 0 Å². The van der Waals surface area contributed by atoms with Gasteiger partial charge in [0, 0.05) is 24.6 Å². The summed E-state index contributed by atoms with van der Waals surface area (Å²) >= 11 is 0. The molecule has 1 aromatic heterocycles. The molecule has 1 rings (SSSR count). The van der Waals surface area contributed by atoms with Crippen LogP contribution in [0.3, 0.4) is 0 Å². The summed E-state index contributed by atoms with van der Waals surface area (Å²) in [6, 6.07) is 0.209. The molecule has 0 aliphatic carbocycles. The van der Waals surface area contributed by atoms with Crippen molar-refractivity contribution >= 4 is 17.5 Å². The number of carbonyl (C=O) groups is 1. The molecule has 7 nitrogen and oxygen atoms in total. The van der Waals surface area contributed by atoms with Crippen LogP contribution in [0.4, 0.5) is 11.6 Å². The topological polar surface area (TPSA) is 105 Å². The van der Waals surface area contributed by atoms with Crippen LogP contribution in [0.5, 0.6) is 0 Å². The van der Waals surface area contributed by atoms with E-state index < -0.39 is 0 Å². The monoisotopic (exact) mass is 280 g/mol. The van der Waals surface area contributed by atoms with Crippen LogP contribution in [0.25, 0.3) is 0 Å². The van der Waals surface area contributed by atoms with Crippen LogP contribution in [0.2, 0.25) is 0 Å². The highest BCUT2D eigenvalue weighted by molar-refractivity contribution is 5.76. The number of amides is 1. The van der Waals surface area contributed by atoms with Gasteiger partial charge in [0.1, 0.15) is 18.0 Å². The Morgan fingerprint density at radius 3 is 2.65 bits per heavy atom. The Morgan fingerprint density at radius 1 is 1.35 bits per heavy atom. The van der Waals surface area contributed by atoms with Crippen molar-refractivity contribution < 1.29 is 4.79 Å². The van der Waals surface area contributed by atoms with E-state index in [1.165, 1.54) is 6.33 Å². The van der Waals surface area contributed by atoms with Gasteiger partial charge in [-0.05, 0) is 19.8 Å². The molecule has 0 bridgehead atoms. The molecule has 0 fully saturated rings. The molecule has 0 aliphatic heterocycles. The van der Waals surface area contributed by atoms with Crippen molar-refractivity contribution in [3.63, 3.8) is 0 Å². The van der Waals surface area contributed by atoms with Crippen LogP contribution in [0.15, 0.2) is 6.33 Å². The molecule has 1 aromatic rings. The van der Waals surface area contributed by atoms with Gasteiger partial charge in [-0.3, -0.25) is 4.79 Å². The van der Waals surface area contributed by atoms with Gasteiger partial charge in [-0.2, -0.15) is 0 Å². The predicted octanol–water partition coefficient (Wildman–Crippen LogP) is 1.04. The molecule has 1 heterocycles. The smallest absolute Gasteiger partial charge is 0.221 e. The van der Waals surface area contributed by atoms with Gasteiger partial charge in [0.05, 0.1) is 0 Å². The second kappa shape index (κ2) is 8.31. The number of rotatable bonds is 8. The second-order valence-corrected chi connectivity index (χ2v) is 4.60. The van der Waals surface area contributed by atoms with Crippen LogP contribution >= 0.6 is 0 Å². The van der Waals surface area contributed by atoms with E-state index in [-0.39, 0.29) is 11.9 Å². The summed E-state index contributed by atoms with van der Waals surface area (Å²) in [4.78, 5) is 19.9. The Bertz CT molecular complexity index is 437. The average molecular weight is 280 g/mol. The van der Waals surface area contributed by atoms with Crippen LogP contribution in [-0.2, 0) is 11.2 Å². The van der Waals surface area contributed by atoms with Gasteiger partial charge in [-0.1, -0.05) is 13.8 Å². The average Bonchev–Trinajstić information content (AvgIpc) is 2.46. The molecule has 0 saturated heterocycles. The van der Waals surface area contributed by atoms with E-state index in [0.717, 1.165) is 18.4 Å². The van der Waals surface area contributed by atoms with Crippen molar-refractivity contribution in [1.29, 1.82) is 0 Å². The van der Waals surface area contributed by atoms with Crippen molar-refractivity contribution in [3.8, 4) is 0 Å². The Morgan fingerprint density at radius 2 is 2.05 bits per heavy atom. The molecule has 0 spiro atoms. The minimum absolute atomic E-state index is 0.0381. The maximum Gasteiger partial charge on any atom is 0.221 e. The summed E-state index contributed by atoms with van der Waals surface area (Å²) in [6.45, 7) is 6.56. The van der Waals surface area contributed by atoms with E-state index in [1.54, 1.807) is 0 Å². The maximum absolute atomic E-state index is 11.7. The minimum Gasteiger partial charge on any atom is -0.369 e. The molecule has 0 aliphatic rings. The van der Waals surface area contributed by atoms with E-state index in [9.17, 15) is 4.79 Å². The summed E-state index contributed by atoms with van der Waals surface area (Å²) in [7, 11) is 0. The largest absolute Gasteiger partial charge is 0.369 e. The van der Waals surface area contributed by atoms with E-state index >= 15 is 0 Å². The SMILES string of the molecule is CCc1c(NN)ncnc1NCCC(=O)NC(C)CC. The summed E-state index contributed by atoms with van der Waals surface area (Å²) in [6.07, 6.45) is 3.52. The normalized spacial score (nSPS) is 11.8. The lowest BCUT2D eigenvalue weighted by Gasteiger charge is -2.14. The van der Waals surface area contributed by atoms with Crippen LogP contribution in [0, 0.1) is 0 Å². The van der Waals surface area contributed by atoms with Crippen molar-refractivity contribution in [2.24, 2.45) is 5.84 Å². The number of nitrogen functional groups attached to an aromatic ring is 1. The summed E-state index contributed by atoms with van der Waals surface area (Å²) in [5.41, 5.74) is 3.46. The van der Waals surface area contributed by atoms with Crippen LogP contribution in [-0.4, -0.2) is 28.5 Å². The molecule has 0 saturated carbocycles. The predicted molar refractivity (Wildman–Crippen MR) is 80.2 cm³/mol. The second-order valence-electron chi connectivity index (χ2n) is 4.60. The van der Waals surface area contributed by atoms with E-state index in [1.807, 2.05) is 20.8 Å². The molecule has 20 heavy (non-hydrogen) atoms. The number of nitrogens with one attached hydrogen (secondary N) is 3. The third kappa shape index (κ3) is 4.65. The molecule has 0 aromatic carbocycles. The standard InChI is InChI=1S/C13H24N6O/c1-4-9(3)18-11(20)6-7-15-12-10(5-2)13(19-14)17-8-16-12/h8-9H,4-7,14H2,1-3H3,(H,18,20)(H2,15,16,17,19). The first-order valence-corrected chi connectivity index (χ1v) is 6.96. The fourth-order valence-electron chi connectivity index (χ4n) is 1.77. The first-order valence-electron chi connectivity index (χ1n) is 6.96. The first-order chi connectivity index (χ1) is 9.62. The summed E-state index contributed by atoms with van der Waals surface area (Å²) in [5.74, 6) is 6.77. The number of aromatic nitrogens is 2. The Kier molecular flexibility index (Phi) is 6.72. The van der Waals surface area contributed by atoms with Crippen molar-refractivity contribution in [1.82, 2.24) is 15.3 Å². The minimum atomic E-state index is 0.0381. The van der Waals surface area contributed by atoms with Gasteiger partial charge in [0.15, 0.2) is 0 Å². The number of hydrogen-bond acceptors (Lipinski definition) is 6. The highest BCUT2D eigenvalue weighted by atomic mass is 16.1. The Labute approximate surface area is 119 Å². The Hall–Kier alpha value is -1.89. The summed E-state index contributed by atoms with van der Waals surface area (Å²) in [5, 5.41) is 6.08. The third-order valence-corrected chi connectivity index (χ3v) is 3.10. The molecular formula is C13H24N6O. The van der Waals surface area contributed by atoms with Crippen molar-refractivity contribution in [2.75, 3.05) is 17.3 Å². The zero-order valence-electron chi connectivity index (χ0n) is 12.4. The maximum atomic E-state index is 11.7. The number of hydrazine groups is 1. The zero-order valence-corrected chi connectivity index (χ0v) is 12.4. The van der Waals surface area contributed by atoms with Crippen molar-refractivity contribution in [2.45, 2.75) is 46.1 Å². The molecule has 1 unspecified atom stereocenters. The lowest BCUT2D eigenvalue weighted by atomic mass is 10.2. The van der Waals surface area contributed by atoms with Gasteiger partial charge in [-0.25, -0.2) is 15.8 Å². The number of carbonyl (C=O) groups excluding carboxylic acids is 1. The lowest BCUT2D eigenvalue weighted by Crippen LogP contribution is -2.33. The van der Waals surface area contributed by atoms with Gasteiger partial charge in [0.2, 0.25) is 5.91 Å². The quantitative estimate of drug-likeness (QED) is 0.419. The first kappa shape index (κ1) is 16.2. The third-order valence-electron chi connectivity index (χ3n) is 3.10. The number of nitrogens with zero attached hydrogens (tertiary/aromatic N) is 2. The number of hydrogen-bond donors (Lipinski definition) is 4. The summed E-state index contributed by atoms with van der Waals surface area (Å²) < 4.78 is 0. The number of anilines is 2. The highest BCUT2D eigenvalue weighted by Gasteiger charge is 2.09. The van der Waals surface area contributed by atoms with E-state index in [0.29, 0.717) is 24.6 Å². The molecule has 5 N–H and O–H groups in total. The molecule has 112 valence electrons. The van der Waals surface area contributed by atoms with Gasteiger partial charge >= 0.3 is 0 Å². The highest BCUT2D eigenvalue weighted by Crippen LogP contribution is 2.19. The Balaban J connectivity index is 2.52. The van der Waals surface area contributed by atoms with E-state index in [2.05, 4.69) is 26.0 Å². The van der Waals surface area contributed by atoms with E-state index in [4.69, 9.17) is 5.84 Å². The van der Waals surface area contributed by atoms with Crippen molar-refractivity contribution in [3.05, 3.63) is 11.9 Å². The van der Waals surface area contributed by atoms with Gasteiger partial charge in [0.25, 0.3) is 0 Å². The fraction of sp³-hybridized carbons (Fsp3) is 0.615. The van der Waals surface area contributed by atoms with Crippen LogP contribution < -0.4 is 21.9 Å². The lowest BCUT2D eigenvalue weighted by molar-refractivity contribution is -0.121. The molecule has 1 atom stereocenters. The molecule has 0 radical (unpaired) electrons. The molecular weight excluding hydrogens is 256 g/mol. The fourth-order valence-corrected chi connectivity index (χ4v) is 1.77.